The second-order valence-corrected chi connectivity index (χ2v) is 7.88. The summed E-state index contributed by atoms with van der Waals surface area (Å²) >= 11 is 0. The van der Waals surface area contributed by atoms with Crippen LogP contribution in [0.15, 0.2) is 42.6 Å². The van der Waals surface area contributed by atoms with Gasteiger partial charge in [-0.05, 0) is 76.2 Å². The first-order valence-electron chi connectivity index (χ1n) is 10.7. The topological polar surface area (TPSA) is 54.5 Å². The summed E-state index contributed by atoms with van der Waals surface area (Å²) in [6, 6.07) is 8.30. The Balaban J connectivity index is 1.74. The lowest BCUT2D eigenvalue weighted by molar-refractivity contribution is 0.0772. The standard InChI is InChI=1S/C24H28FN3O2/c1-3-28(4-2)23(29)17-6-8-21(27-16-17)20-15-24(10-5-12-26-13-11-24)30-22-9-7-18(25)14-19(20)22/h6-9,14-16,26H,3-5,10-13H2,1-2H3. The molecule has 1 N–H and O–H groups in total. The van der Waals surface area contributed by atoms with Gasteiger partial charge >= 0.3 is 0 Å². The van der Waals surface area contributed by atoms with Crippen molar-refractivity contribution >= 4 is 11.5 Å². The molecule has 6 heteroatoms. The first-order chi connectivity index (χ1) is 14.5. The molecule has 1 unspecified atom stereocenters. The first-order valence-corrected chi connectivity index (χ1v) is 10.7. The number of nitrogens with one attached hydrogen (secondary N) is 1. The van der Waals surface area contributed by atoms with E-state index in [9.17, 15) is 9.18 Å². The van der Waals surface area contributed by atoms with Crippen LogP contribution in [0.5, 0.6) is 5.75 Å². The lowest BCUT2D eigenvalue weighted by Gasteiger charge is -2.36. The smallest absolute Gasteiger partial charge is 0.255 e. The predicted molar refractivity (Wildman–Crippen MR) is 115 cm³/mol. The van der Waals surface area contributed by atoms with Crippen molar-refractivity contribution in [3.8, 4) is 5.75 Å². The minimum Gasteiger partial charge on any atom is -0.482 e. The third kappa shape index (κ3) is 3.97. The summed E-state index contributed by atoms with van der Waals surface area (Å²) in [5.41, 5.74) is 2.41. The molecule has 3 heterocycles. The number of nitrogens with zero attached hydrogens (tertiary/aromatic N) is 2. The first kappa shape index (κ1) is 20.5. The molecule has 5 nitrogen and oxygen atoms in total. The highest BCUT2D eigenvalue weighted by atomic mass is 19.1. The Bertz CT molecular complexity index is 943. The molecule has 0 saturated carbocycles. The van der Waals surface area contributed by atoms with Gasteiger partial charge in [0.1, 0.15) is 17.2 Å². The highest BCUT2D eigenvalue weighted by Gasteiger charge is 2.36. The molecule has 1 fully saturated rings. The van der Waals surface area contributed by atoms with Gasteiger partial charge in [0, 0.05) is 36.8 Å². The van der Waals surface area contributed by atoms with Gasteiger partial charge in [-0.1, -0.05) is 0 Å². The minimum atomic E-state index is -0.430. The molecule has 2 aromatic rings. The van der Waals surface area contributed by atoms with Crippen LogP contribution < -0.4 is 10.1 Å². The molecule has 1 aromatic heterocycles. The Morgan fingerprint density at radius 2 is 2.03 bits per heavy atom. The fraction of sp³-hybridized carbons (Fsp3) is 0.417. The molecule has 1 amide bonds. The number of hydrogen-bond donors (Lipinski definition) is 1. The Hall–Kier alpha value is -2.73. The van der Waals surface area contributed by atoms with Crippen molar-refractivity contribution in [2.24, 2.45) is 0 Å². The summed E-state index contributed by atoms with van der Waals surface area (Å²) in [6.07, 6.45) is 6.46. The van der Waals surface area contributed by atoms with Crippen molar-refractivity contribution in [2.45, 2.75) is 38.7 Å². The summed E-state index contributed by atoms with van der Waals surface area (Å²) in [6.45, 7) is 7.06. The average molecular weight is 410 g/mol. The average Bonchev–Trinajstić information content (AvgIpc) is 3.00. The molecule has 0 aliphatic carbocycles. The maximum atomic E-state index is 14.1. The van der Waals surface area contributed by atoms with E-state index in [1.54, 1.807) is 23.2 Å². The molecule has 4 rings (SSSR count). The highest BCUT2D eigenvalue weighted by molar-refractivity contribution is 5.94. The monoisotopic (exact) mass is 409 g/mol. The number of rotatable bonds is 4. The Labute approximate surface area is 177 Å². The van der Waals surface area contributed by atoms with Crippen LogP contribution in [-0.2, 0) is 0 Å². The Kier molecular flexibility index (Phi) is 5.86. The highest BCUT2D eigenvalue weighted by Crippen LogP contribution is 2.42. The quantitative estimate of drug-likeness (QED) is 0.828. The summed E-state index contributed by atoms with van der Waals surface area (Å²) in [4.78, 5) is 19.0. The van der Waals surface area contributed by atoms with Crippen LogP contribution in [0.1, 0.15) is 54.7 Å². The fourth-order valence-electron chi connectivity index (χ4n) is 4.28. The molecule has 2 aliphatic heterocycles. The van der Waals surface area contributed by atoms with Gasteiger partial charge in [-0.2, -0.15) is 0 Å². The maximum absolute atomic E-state index is 14.1. The Morgan fingerprint density at radius 3 is 2.77 bits per heavy atom. The number of hydrogen-bond acceptors (Lipinski definition) is 4. The van der Waals surface area contributed by atoms with Crippen molar-refractivity contribution in [2.75, 3.05) is 26.2 Å². The number of halogens is 1. The molecule has 2 aliphatic rings. The molecule has 1 saturated heterocycles. The molecule has 158 valence electrons. The molecular weight excluding hydrogens is 381 g/mol. The molecule has 30 heavy (non-hydrogen) atoms. The summed E-state index contributed by atoms with van der Waals surface area (Å²) < 4.78 is 20.5. The van der Waals surface area contributed by atoms with E-state index in [0.29, 0.717) is 30.0 Å². The second kappa shape index (κ2) is 8.56. The van der Waals surface area contributed by atoms with Gasteiger partial charge in [0.05, 0.1) is 11.3 Å². The SMILES string of the molecule is CCN(CC)C(=O)c1ccc(C2=CC3(CCCNCC3)Oc3ccc(F)cc32)nc1. The van der Waals surface area contributed by atoms with E-state index in [2.05, 4.69) is 16.4 Å². The van der Waals surface area contributed by atoms with Crippen molar-refractivity contribution < 1.29 is 13.9 Å². The van der Waals surface area contributed by atoms with Gasteiger partial charge in [-0.15, -0.1) is 0 Å². The lowest BCUT2D eigenvalue weighted by Crippen LogP contribution is -2.37. The zero-order chi connectivity index (χ0) is 21.1. The van der Waals surface area contributed by atoms with Crippen LogP contribution in [0.2, 0.25) is 0 Å². The number of carbonyl (C=O) groups excluding carboxylic acids is 1. The number of benzene rings is 1. The normalized spacial score (nSPS) is 20.7. The molecule has 0 radical (unpaired) electrons. The zero-order valence-electron chi connectivity index (χ0n) is 17.6. The largest absolute Gasteiger partial charge is 0.482 e. The van der Waals surface area contributed by atoms with Crippen LogP contribution >= 0.6 is 0 Å². The predicted octanol–water partition coefficient (Wildman–Crippen LogP) is 4.04. The van der Waals surface area contributed by atoms with Gasteiger partial charge in [-0.3, -0.25) is 9.78 Å². The van der Waals surface area contributed by atoms with Gasteiger partial charge in [0.2, 0.25) is 0 Å². The molecular formula is C24H28FN3O2. The van der Waals surface area contributed by atoms with Crippen molar-refractivity contribution in [3.05, 3.63) is 65.2 Å². The number of aromatic nitrogens is 1. The lowest BCUT2D eigenvalue weighted by atomic mass is 9.85. The van der Waals surface area contributed by atoms with Gasteiger partial charge < -0.3 is 15.0 Å². The van der Waals surface area contributed by atoms with E-state index in [-0.39, 0.29) is 11.7 Å². The second-order valence-electron chi connectivity index (χ2n) is 7.88. The van der Waals surface area contributed by atoms with Crippen LogP contribution in [0.3, 0.4) is 0 Å². The van der Waals surface area contributed by atoms with Crippen LogP contribution in [0.4, 0.5) is 4.39 Å². The van der Waals surface area contributed by atoms with E-state index in [1.165, 1.54) is 12.1 Å². The van der Waals surface area contributed by atoms with Crippen molar-refractivity contribution in [3.63, 3.8) is 0 Å². The molecule has 1 atom stereocenters. The Morgan fingerprint density at radius 1 is 1.20 bits per heavy atom. The van der Waals surface area contributed by atoms with Gasteiger partial charge in [0.15, 0.2) is 0 Å². The third-order valence-corrected chi connectivity index (χ3v) is 5.97. The van der Waals surface area contributed by atoms with Crippen LogP contribution in [-0.4, -0.2) is 47.6 Å². The van der Waals surface area contributed by atoms with Crippen LogP contribution in [0.25, 0.3) is 5.57 Å². The number of carbonyl (C=O) groups is 1. The molecule has 0 bridgehead atoms. The molecule has 1 aromatic carbocycles. The maximum Gasteiger partial charge on any atom is 0.255 e. The summed E-state index contributed by atoms with van der Waals surface area (Å²) in [5, 5.41) is 3.42. The molecule has 1 spiro atoms. The van der Waals surface area contributed by atoms with E-state index in [0.717, 1.165) is 43.6 Å². The number of fused-ring (bicyclic) bond motifs is 1. The number of pyridine rings is 1. The van der Waals surface area contributed by atoms with E-state index < -0.39 is 5.60 Å². The van der Waals surface area contributed by atoms with E-state index in [1.807, 2.05) is 19.9 Å². The third-order valence-electron chi connectivity index (χ3n) is 5.97. The van der Waals surface area contributed by atoms with Crippen molar-refractivity contribution in [1.29, 1.82) is 0 Å². The fourth-order valence-corrected chi connectivity index (χ4v) is 4.28. The van der Waals surface area contributed by atoms with E-state index >= 15 is 0 Å². The summed E-state index contributed by atoms with van der Waals surface area (Å²) in [5.74, 6) is 0.341. The summed E-state index contributed by atoms with van der Waals surface area (Å²) in [7, 11) is 0. The van der Waals surface area contributed by atoms with Gasteiger partial charge in [0.25, 0.3) is 5.91 Å². The van der Waals surface area contributed by atoms with Crippen molar-refractivity contribution in [1.82, 2.24) is 15.2 Å². The van der Waals surface area contributed by atoms with Gasteiger partial charge in [-0.25, -0.2) is 4.39 Å². The zero-order valence-corrected chi connectivity index (χ0v) is 17.6. The number of amides is 1. The number of ether oxygens (including phenoxy) is 1. The van der Waals surface area contributed by atoms with Crippen LogP contribution in [0, 0.1) is 5.82 Å². The minimum absolute atomic E-state index is 0.0298. The van der Waals surface area contributed by atoms with E-state index in [4.69, 9.17) is 4.74 Å².